The van der Waals surface area contributed by atoms with Crippen molar-refractivity contribution in [1.29, 1.82) is 0 Å². The molecule has 0 aliphatic heterocycles. The Labute approximate surface area is 135 Å². The smallest absolute Gasteiger partial charge is 0.200 e. The van der Waals surface area contributed by atoms with E-state index in [9.17, 15) is 4.79 Å². The largest absolute Gasteiger partial charge is 0.463 e. The molecule has 0 saturated carbocycles. The van der Waals surface area contributed by atoms with Crippen LogP contribution in [0, 0.1) is 6.92 Å². The van der Waals surface area contributed by atoms with Crippen molar-refractivity contribution in [1.82, 2.24) is 0 Å². The van der Waals surface area contributed by atoms with Gasteiger partial charge in [-0.05, 0) is 36.8 Å². The van der Waals surface area contributed by atoms with Gasteiger partial charge in [-0.3, -0.25) is 4.79 Å². The van der Waals surface area contributed by atoms with Crippen LogP contribution in [0.4, 0.5) is 0 Å². The molecular formula is C16H9Cl3O2. The summed E-state index contributed by atoms with van der Waals surface area (Å²) in [6.45, 7) is 1.85. The quantitative estimate of drug-likeness (QED) is 0.567. The van der Waals surface area contributed by atoms with Crippen LogP contribution in [0.3, 0.4) is 0 Å². The highest BCUT2D eigenvalue weighted by molar-refractivity contribution is 6.36. The van der Waals surface area contributed by atoms with Crippen molar-refractivity contribution >= 4 is 45.8 Å². The van der Waals surface area contributed by atoms with Gasteiger partial charge in [0, 0.05) is 15.6 Å². The lowest BCUT2D eigenvalue weighted by atomic mass is 10.0. The highest BCUT2D eigenvalue weighted by atomic mass is 35.5. The molecule has 0 atom stereocenters. The van der Waals surface area contributed by atoms with Crippen LogP contribution in [0.25, 0.3) is 22.1 Å². The third kappa shape index (κ3) is 2.55. The summed E-state index contributed by atoms with van der Waals surface area (Å²) in [6, 6.07) is 8.31. The summed E-state index contributed by atoms with van der Waals surface area (Å²) in [5.74, 6) is 0. The van der Waals surface area contributed by atoms with E-state index in [4.69, 9.17) is 39.2 Å². The van der Waals surface area contributed by atoms with E-state index < -0.39 is 0 Å². The van der Waals surface area contributed by atoms with E-state index in [1.165, 1.54) is 6.26 Å². The summed E-state index contributed by atoms with van der Waals surface area (Å²) in [7, 11) is 0. The van der Waals surface area contributed by atoms with Gasteiger partial charge in [0.25, 0.3) is 0 Å². The molecule has 2 aromatic carbocycles. The standard InChI is InChI=1S/C16H9Cl3O2/c1-8-4-15-11(6-13(8)18)16(20)12(7-21-15)10-3-2-9(17)5-14(10)19/h2-7H,1H3. The van der Waals surface area contributed by atoms with E-state index in [1.807, 2.05) is 6.92 Å². The first-order chi connectivity index (χ1) is 9.97. The maximum absolute atomic E-state index is 12.6. The first-order valence-electron chi connectivity index (χ1n) is 6.14. The Morgan fingerprint density at radius 3 is 2.43 bits per heavy atom. The number of aryl methyl sites for hydroxylation is 1. The lowest BCUT2D eigenvalue weighted by Gasteiger charge is -2.06. The second-order valence-electron chi connectivity index (χ2n) is 4.70. The molecule has 2 nitrogen and oxygen atoms in total. The number of benzene rings is 2. The molecule has 1 heterocycles. The van der Waals surface area contributed by atoms with E-state index in [2.05, 4.69) is 0 Å². The number of rotatable bonds is 1. The van der Waals surface area contributed by atoms with Crippen LogP contribution in [0.2, 0.25) is 15.1 Å². The zero-order valence-electron chi connectivity index (χ0n) is 10.9. The number of halogens is 3. The molecule has 0 N–H and O–H groups in total. The molecule has 3 aromatic rings. The summed E-state index contributed by atoms with van der Waals surface area (Å²) in [4.78, 5) is 12.6. The summed E-state index contributed by atoms with van der Waals surface area (Å²) < 4.78 is 5.55. The lowest BCUT2D eigenvalue weighted by Crippen LogP contribution is -2.05. The van der Waals surface area contributed by atoms with Crippen LogP contribution in [-0.2, 0) is 0 Å². The normalized spacial score (nSPS) is 11.0. The molecule has 0 spiro atoms. The second kappa shape index (κ2) is 5.38. The summed E-state index contributed by atoms with van der Waals surface area (Å²) >= 11 is 18.1. The van der Waals surface area contributed by atoms with Crippen molar-refractivity contribution in [2.45, 2.75) is 6.92 Å². The fourth-order valence-electron chi connectivity index (χ4n) is 2.14. The molecule has 0 aliphatic rings. The van der Waals surface area contributed by atoms with Gasteiger partial charge in [-0.15, -0.1) is 0 Å². The van der Waals surface area contributed by atoms with E-state index in [0.29, 0.717) is 37.2 Å². The molecule has 0 aliphatic carbocycles. The van der Waals surface area contributed by atoms with Crippen LogP contribution < -0.4 is 5.43 Å². The molecule has 106 valence electrons. The Bertz CT molecular complexity index is 913. The Morgan fingerprint density at radius 1 is 0.952 bits per heavy atom. The van der Waals surface area contributed by atoms with Crippen LogP contribution in [0.5, 0.6) is 0 Å². The minimum absolute atomic E-state index is 0.178. The van der Waals surface area contributed by atoms with Gasteiger partial charge in [-0.25, -0.2) is 0 Å². The van der Waals surface area contributed by atoms with E-state index in [0.717, 1.165) is 5.56 Å². The van der Waals surface area contributed by atoms with Crippen LogP contribution in [-0.4, -0.2) is 0 Å². The highest BCUT2D eigenvalue weighted by Crippen LogP contribution is 2.30. The average Bonchev–Trinajstić information content (AvgIpc) is 2.43. The summed E-state index contributed by atoms with van der Waals surface area (Å²) in [5.41, 5.74) is 2.13. The van der Waals surface area contributed by atoms with Crippen molar-refractivity contribution in [3.8, 4) is 11.1 Å². The number of hydrogen-bond donors (Lipinski definition) is 0. The van der Waals surface area contributed by atoms with Crippen molar-refractivity contribution in [2.24, 2.45) is 0 Å². The Hall–Kier alpha value is -1.48. The SMILES string of the molecule is Cc1cc2occ(-c3ccc(Cl)cc3Cl)c(=O)c2cc1Cl. The Kier molecular flexibility index (Phi) is 3.70. The topological polar surface area (TPSA) is 30.2 Å². The van der Waals surface area contributed by atoms with Crippen molar-refractivity contribution in [2.75, 3.05) is 0 Å². The van der Waals surface area contributed by atoms with Crippen LogP contribution in [0.1, 0.15) is 5.56 Å². The lowest BCUT2D eigenvalue weighted by molar-refractivity contribution is 0.604. The molecule has 0 radical (unpaired) electrons. The maximum atomic E-state index is 12.6. The number of fused-ring (bicyclic) bond motifs is 1. The summed E-state index contributed by atoms with van der Waals surface area (Å²) in [6.07, 6.45) is 1.41. The van der Waals surface area contributed by atoms with E-state index in [1.54, 1.807) is 30.3 Å². The molecular weight excluding hydrogens is 331 g/mol. The second-order valence-corrected chi connectivity index (χ2v) is 5.95. The number of hydrogen-bond acceptors (Lipinski definition) is 2. The molecule has 21 heavy (non-hydrogen) atoms. The van der Waals surface area contributed by atoms with Gasteiger partial charge >= 0.3 is 0 Å². The van der Waals surface area contributed by atoms with Crippen molar-refractivity contribution < 1.29 is 4.42 Å². The van der Waals surface area contributed by atoms with Gasteiger partial charge in [0.15, 0.2) is 0 Å². The molecule has 0 fully saturated rings. The Balaban J connectivity index is 2.32. The monoisotopic (exact) mass is 338 g/mol. The van der Waals surface area contributed by atoms with Gasteiger partial charge in [-0.2, -0.15) is 0 Å². The molecule has 0 bridgehead atoms. The predicted molar refractivity (Wildman–Crippen MR) is 87.7 cm³/mol. The maximum Gasteiger partial charge on any atom is 0.200 e. The van der Waals surface area contributed by atoms with E-state index >= 15 is 0 Å². The Morgan fingerprint density at radius 2 is 1.71 bits per heavy atom. The first kappa shape index (κ1) is 14.5. The molecule has 0 unspecified atom stereocenters. The van der Waals surface area contributed by atoms with Gasteiger partial charge in [0.2, 0.25) is 5.43 Å². The molecule has 0 amide bonds. The fourth-order valence-corrected chi connectivity index (χ4v) is 2.82. The zero-order chi connectivity index (χ0) is 15.1. The third-order valence-electron chi connectivity index (χ3n) is 3.28. The van der Waals surface area contributed by atoms with E-state index in [-0.39, 0.29) is 5.43 Å². The first-order valence-corrected chi connectivity index (χ1v) is 7.28. The molecule has 0 saturated heterocycles. The zero-order valence-corrected chi connectivity index (χ0v) is 13.2. The van der Waals surface area contributed by atoms with Crippen molar-refractivity contribution in [3.05, 3.63) is 67.4 Å². The highest BCUT2D eigenvalue weighted by Gasteiger charge is 2.13. The van der Waals surface area contributed by atoms with Gasteiger partial charge < -0.3 is 4.42 Å². The molecule has 3 rings (SSSR count). The predicted octanol–water partition coefficient (Wildman–Crippen LogP) is 5.73. The minimum atomic E-state index is -0.178. The van der Waals surface area contributed by atoms with Crippen LogP contribution >= 0.6 is 34.8 Å². The van der Waals surface area contributed by atoms with Gasteiger partial charge in [-0.1, -0.05) is 40.9 Å². The molecule has 5 heteroatoms. The summed E-state index contributed by atoms with van der Waals surface area (Å²) in [5, 5.41) is 1.85. The fraction of sp³-hybridized carbons (Fsp3) is 0.0625. The van der Waals surface area contributed by atoms with Gasteiger partial charge in [0.05, 0.1) is 16.0 Å². The van der Waals surface area contributed by atoms with Gasteiger partial charge in [0.1, 0.15) is 11.8 Å². The van der Waals surface area contributed by atoms with Crippen LogP contribution in [0.15, 0.2) is 45.8 Å². The third-order valence-corrected chi connectivity index (χ3v) is 4.23. The average molecular weight is 340 g/mol. The molecule has 1 aromatic heterocycles. The van der Waals surface area contributed by atoms with Crippen molar-refractivity contribution in [3.63, 3.8) is 0 Å². The minimum Gasteiger partial charge on any atom is -0.463 e.